The summed E-state index contributed by atoms with van der Waals surface area (Å²) in [6.45, 7) is 1.91. The van der Waals surface area contributed by atoms with Gasteiger partial charge in [0.05, 0.1) is 0 Å². The summed E-state index contributed by atoms with van der Waals surface area (Å²) in [6, 6.07) is 5.59. The van der Waals surface area contributed by atoms with Crippen LogP contribution in [0.4, 0.5) is 4.39 Å². The highest BCUT2D eigenvalue weighted by molar-refractivity contribution is 8.14. The summed E-state index contributed by atoms with van der Waals surface area (Å²) in [4.78, 5) is 11.2. The van der Waals surface area contributed by atoms with Gasteiger partial charge < -0.3 is 0 Å². The Morgan fingerprint density at radius 1 is 1.42 bits per heavy atom. The molecule has 0 N–H and O–H groups in total. The Bertz CT molecular complexity index is 268. The normalized spacial score (nSPS) is 9.83. The Balaban J connectivity index is 2.75. The first-order valence-corrected chi connectivity index (χ1v) is 4.65. The predicted octanol–water partition coefficient (Wildman–Crippen LogP) is 2.72. The fourth-order valence-electron chi connectivity index (χ4n) is 0.800. The molecule has 0 amide bonds. The van der Waals surface area contributed by atoms with Crippen LogP contribution in [0.25, 0.3) is 0 Å². The minimum Gasteiger partial charge on any atom is -0.282 e. The van der Waals surface area contributed by atoms with E-state index in [1.807, 2.05) is 6.92 Å². The van der Waals surface area contributed by atoms with Crippen LogP contribution in [0.15, 0.2) is 24.3 Å². The Hall–Kier alpha value is -0.830. The molecule has 0 bridgehead atoms. The Kier molecular flexibility index (Phi) is 3.29. The fourth-order valence-corrected chi connectivity index (χ4v) is 1.37. The van der Waals surface area contributed by atoms with Crippen LogP contribution in [-0.2, 0) is 0 Å². The molecule has 12 heavy (non-hydrogen) atoms. The zero-order chi connectivity index (χ0) is 8.97. The van der Waals surface area contributed by atoms with E-state index in [4.69, 9.17) is 0 Å². The highest BCUT2D eigenvalue weighted by atomic mass is 32.2. The van der Waals surface area contributed by atoms with Crippen molar-refractivity contribution < 1.29 is 9.18 Å². The van der Waals surface area contributed by atoms with E-state index in [0.29, 0.717) is 5.56 Å². The average Bonchev–Trinajstić information content (AvgIpc) is 2.06. The quantitative estimate of drug-likeness (QED) is 0.703. The molecule has 1 rings (SSSR count). The van der Waals surface area contributed by atoms with Crippen LogP contribution < -0.4 is 0 Å². The molecule has 0 spiro atoms. The predicted molar refractivity (Wildman–Crippen MR) is 48.9 cm³/mol. The van der Waals surface area contributed by atoms with Crippen molar-refractivity contribution in [2.75, 3.05) is 5.75 Å². The zero-order valence-electron chi connectivity index (χ0n) is 6.71. The summed E-state index contributed by atoms with van der Waals surface area (Å²) in [7, 11) is 0. The van der Waals surface area contributed by atoms with Crippen molar-refractivity contribution in [2.24, 2.45) is 0 Å². The van der Waals surface area contributed by atoms with E-state index in [9.17, 15) is 9.18 Å². The third-order valence-corrected chi connectivity index (χ3v) is 2.14. The van der Waals surface area contributed by atoms with Crippen molar-refractivity contribution >= 4 is 16.9 Å². The SMILES string of the molecule is CCSC(=O)c1ccc(F)cc1. The fraction of sp³-hybridized carbons (Fsp3) is 0.222. The first-order valence-electron chi connectivity index (χ1n) is 3.66. The maximum Gasteiger partial charge on any atom is 0.219 e. The van der Waals surface area contributed by atoms with E-state index < -0.39 is 0 Å². The molecule has 0 atom stereocenters. The monoisotopic (exact) mass is 184 g/mol. The number of halogens is 1. The van der Waals surface area contributed by atoms with Crippen molar-refractivity contribution in [1.82, 2.24) is 0 Å². The third kappa shape index (κ3) is 2.34. The number of rotatable bonds is 2. The molecule has 0 aliphatic heterocycles. The van der Waals surface area contributed by atoms with E-state index in [1.54, 1.807) is 0 Å². The van der Waals surface area contributed by atoms with Gasteiger partial charge in [-0.2, -0.15) is 0 Å². The largest absolute Gasteiger partial charge is 0.282 e. The lowest BCUT2D eigenvalue weighted by Crippen LogP contribution is -1.93. The number of carbonyl (C=O) groups excluding carboxylic acids is 1. The molecule has 0 aromatic heterocycles. The van der Waals surface area contributed by atoms with E-state index >= 15 is 0 Å². The lowest BCUT2D eigenvalue weighted by molar-refractivity contribution is 0.108. The minimum absolute atomic E-state index is 0.00231. The van der Waals surface area contributed by atoms with Gasteiger partial charge in [-0.3, -0.25) is 4.79 Å². The van der Waals surface area contributed by atoms with Crippen LogP contribution in [0.2, 0.25) is 0 Å². The van der Waals surface area contributed by atoms with Gasteiger partial charge in [-0.1, -0.05) is 18.7 Å². The van der Waals surface area contributed by atoms with Crippen molar-refractivity contribution in [3.05, 3.63) is 35.6 Å². The molecular weight excluding hydrogens is 175 g/mol. The van der Waals surface area contributed by atoms with Crippen LogP contribution in [0.1, 0.15) is 17.3 Å². The van der Waals surface area contributed by atoms with Crippen LogP contribution in [0, 0.1) is 5.82 Å². The minimum atomic E-state index is -0.312. The van der Waals surface area contributed by atoms with Crippen LogP contribution in [0.3, 0.4) is 0 Å². The van der Waals surface area contributed by atoms with Gasteiger partial charge in [0.25, 0.3) is 0 Å². The Labute approximate surface area is 75.0 Å². The Morgan fingerprint density at radius 2 is 2.00 bits per heavy atom. The second-order valence-corrected chi connectivity index (χ2v) is 3.46. The van der Waals surface area contributed by atoms with Gasteiger partial charge >= 0.3 is 0 Å². The van der Waals surface area contributed by atoms with Crippen LogP contribution in [-0.4, -0.2) is 10.9 Å². The van der Waals surface area contributed by atoms with E-state index in [-0.39, 0.29) is 10.9 Å². The second-order valence-electron chi connectivity index (χ2n) is 2.23. The molecule has 0 aliphatic rings. The molecule has 0 saturated heterocycles. The van der Waals surface area contributed by atoms with Crippen molar-refractivity contribution in [3.8, 4) is 0 Å². The summed E-state index contributed by atoms with van der Waals surface area (Å²) in [5.74, 6) is 0.434. The lowest BCUT2D eigenvalue weighted by Gasteiger charge is -1.96. The van der Waals surface area contributed by atoms with Crippen molar-refractivity contribution in [2.45, 2.75) is 6.92 Å². The molecule has 0 radical (unpaired) electrons. The summed E-state index contributed by atoms with van der Waals surface area (Å²) >= 11 is 1.23. The molecule has 0 unspecified atom stereocenters. The van der Waals surface area contributed by atoms with Crippen LogP contribution >= 0.6 is 11.8 Å². The maximum atomic E-state index is 12.4. The summed E-state index contributed by atoms with van der Waals surface area (Å²) in [5.41, 5.74) is 0.559. The highest BCUT2D eigenvalue weighted by Crippen LogP contribution is 2.12. The lowest BCUT2D eigenvalue weighted by atomic mass is 10.2. The first kappa shape index (κ1) is 9.26. The average molecular weight is 184 g/mol. The van der Waals surface area contributed by atoms with Crippen molar-refractivity contribution in [3.63, 3.8) is 0 Å². The number of thioether (sulfide) groups is 1. The Morgan fingerprint density at radius 3 is 2.50 bits per heavy atom. The molecule has 0 aliphatic carbocycles. The first-order chi connectivity index (χ1) is 5.74. The van der Waals surface area contributed by atoms with Gasteiger partial charge in [0.2, 0.25) is 5.12 Å². The summed E-state index contributed by atoms with van der Waals surface area (Å²) in [5, 5.41) is -0.00231. The molecule has 1 aromatic carbocycles. The topological polar surface area (TPSA) is 17.1 Å². The molecule has 3 heteroatoms. The zero-order valence-corrected chi connectivity index (χ0v) is 7.53. The third-order valence-electron chi connectivity index (χ3n) is 1.36. The van der Waals surface area contributed by atoms with Gasteiger partial charge in [-0.15, -0.1) is 0 Å². The smallest absolute Gasteiger partial charge is 0.219 e. The second kappa shape index (κ2) is 4.26. The van der Waals surface area contributed by atoms with E-state index in [1.165, 1.54) is 36.0 Å². The molecular formula is C9H9FOS. The maximum absolute atomic E-state index is 12.4. The van der Waals surface area contributed by atoms with Crippen molar-refractivity contribution in [1.29, 1.82) is 0 Å². The molecule has 1 nitrogen and oxygen atoms in total. The van der Waals surface area contributed by atoms with Gasteiger partial charge in [0.1, 0.15) is 5.82 Å². The van der Waals surface area contributed by atoms with Gasteiger partial charge in [-0.25, -0.2) is 4.39 Å². The number of benzene rings is 1. The number of hydrogen-bond acceptors (Lipinski definition) is 2. The molecule has 64 valence electrons. The van der Waals surface area contributed by atoms with Gasteiger partial charge in [0, 0.05) is 5.56 Å². The molecule has 0 fully saturated rings. The molecule has 1 aromatic rings. The highest BCUT2D eigenvalue weighted by Gasteiger charge is 2.03. The van der Waals surface area contributed by atoms with Gasteiger partial charge in [0.15, 0.2) is 0 Å². The standard InChI is InChI=1S/C9H9FOS/c1-2-12-9(11)7-3-5-8(10)6-4-7/h3-6H,2H2,1H3. The number of hydrogen-bond donors (Lipinski definition) is 0. The van der Waals surface area contributed by atoms with Gasteiger partial charge in [-0.05, 0) is 30.0 Å². The molecule has 0 saturated carbocycles. The van der Waals surface area contributed by atoms with E-state index in [2.05, 4.69) is 0 Å². The molecule has 0 heterocycles. The van der Waals surface area contributed by atoms with E-state index in [0.717, 1.165) is 5.75 Å². The number of carbonyl (C=O) groups is 1. The summed E-state index contributed by atoms with van der Waals surface area (Å²) in [6.07, 6.45) is 0. The van der Waals surface area contributed by atoms with Crippen LogP contribution in [0.5, 0.6) is 0 Å². The summed E-state index contributed by atoms with van der Waals surface area (Å²) < 4.78 is 12.4.